The van der Waals surface area contributed by atoms with Gasteiger partial charge in [-0.1, -0.05) is 23.7 Å². The molecule has 0 atom stereocenters. The first-order valence-electron chi connectivity index (χ1n) is 15.8. The third-order valence-electron chi connectivity index (χ3n) is 4.78. The molecular weight excluding hydrogens is 372 g/mol. The maximum absolute atomic E-state index is 12.0. The van der Waals surface area contributed by atoms with E-state index in [1.807, 2.05) is 0 Å². The molecule has 28 heavy (non-hydrogen) atoms. The standard InChI is InChI=1S/C22H35ClN4O/c1-17-5-4-6-20(21(17)23)27-15-13-26(14-16-27)12-11-18-7-9-19(10-8-18)24-22(28)25(2)3/h4-6,18-19H,7-16H2,1-3H3,(H,24,28)/t18-,19-/i4D,5D,6D,11D2,13D2,14D2,15D2,16D2. The van der Waals surface area contributed by atoms with Crippen LogP contribution in [0.2, 0.25) is 5.02 Å². The zero-order chi connectivity index (χ0) is 31.7. The Bertz CT molecular complexity index is 1130. The van der Waals surface area contributed by atoms with Crippen molar-refractivity contribution in [2.75, 3.05) is 51.5 Å². The topological polar surface area (TPSA) is 38.8 Å². The summed E-state index contributed by atoms with van der Waals surface area (Å²) in [7, 11) is 3.18. The third kappa shape index (κ3) is 5.54. The van der Waals surface area contributed by atoms with E-state index in [-0.39, 0.29) is 40.3 Å². The molecule has 2 amide bonds. The van der Waals surface area contributed by atoms with Gasteiger partial charge in [0.05, 0.1) is 20.3 Å². The highest BCUT2D eigenvalue weighted by molar-refractivity contribution is 6.34. The van der Waals surface area contributed by atoms with E-state index in [1.165, 1.54) is 11.8 Å². The van der Waals surface area contributed by atoms with Gasteiger partial charge in [0, 0.05) is 54.3 Å². The Kier molecular flexibility index (Phi) is 3.52. The van der Waals surface area contributed by atoms with Crippen LogP contribution in [0.4, 0.5) is 10.5 Å². The molecule has 0 aromatic heterocycles. The van der Waals surface area contributed by atoms with Gasteiger partial charge in [0.15, 0.2) is 0 Å². The molecule has 3 rings (SSSR count). The average molecular weight is 420 g/mol. The van der Waals surface area contributed by atoms with Gasteiger partial charge in [-0.2, -0.15) is 0 Å². The number of amides is 2. The number of benzene rings is 1. The quantitative estimate of drug-likeness (QED) is 0.784. The number of hydrogen-bond donors (Lipinski definition) is 1. The molecule has 1 aliphatic carbocycles. The minimum Gasteiger partial charge on any atom is -0.368 e. The minimum absolute atomic E-state index is 0.0832. The van der Waals surface area contributed by atoms with Crippen LogP contribution >= 0.6 is 11.6 Å². The van der Waals surface area contributed by atoms with E-state index in [2.05, 4.69) is 5.32 Å². The number of piperazine rings is 1. The first-order chi connectivity index (χ1) is 18.4. The fourth-order valence-corrected chi connectivity index (χ4v) is 3.24. The molecule has 1 aromatic carbocycles. The maximum Gasteiger partial charge on any atom is 0.317 e. The summed E-state index contributed by atoms with van der Waals surface area (Å²) in [6.07, 6.45) is -0.878. The second-order valence-corrected chi connectivity index (χ2v) is 7.51. The van der Waals surface area contributed by atoms with Gasteiger partial charge in [0.1, 0.15) is 0 Å². The van der Waals surface area contributed by atoms with Crippen LogP contribution in [0.25, 0.3) is 0 Å². The number of carbonyl (C=O) groups excluding carboxylic acids is 1. The highest BCUT2D eigenvalue weighted by Gasteiger charge is 2.24. The number of hydrogen-bond acceptors (Lipinski definition) is 3. The number of nitrogens with zero attached hydrogens (tertiary/aromatic N) is 3. The van der Waals surface area contributed by atoms with Crippen LogP contribution in [-0.2, 0) is 0 Å². The Labute approximate surface area is 193 Å². The van der Waals surface area contributed by atoms with Gasteiger partial charge in [-0.3, -0.25) is 4.90 Å². The van der Waals surface area contributed by atoms with Gasteiger partial charge >= 0.3 is 6.03 Å². The lowest BCUT2D eigenvalue weighted by Gasteiger charge is -2.37. The summed E-state index contributed by atoms with van der Waals surface area (Å²) >= 11 is 6.31. The van der Waals surface area contributed by atoms with Crippen molar-refractivity contribution in [3.63, 3.8) is 0 Å². The zero-order valence-electron chi connectivity index (χ0n) is 29.3. The predicted octanol–water partition coefficient (Wildman–Crippen LogP) is 3.99. The van der Waals surface area contributed by atoms with Crippen molar-refractivity contribution in [2.24, 2.45) is 5.92 Å². The van der Waals surface area contributed by atoms with E-state index < -0.39 is 73.7 Å². The molecule has 156 valence electrons. The molecule has 0 radical (unpaired) electrons. The molecule has 6 heteroatoms. The van der Waals surface area contributed by atoms with Crippen molar-refractivity contribution in [3.05, 3.63) is 28.7 Å². The SMILES string of the molecule is [2H]c1c([2H])c(C)c(Cl)c(N2C([2H])([2H])C([2H])([2H])N(CC([2H])([2H])[C@H]3CC[C@H](NC(=O)N(C)C)CC3)C([2H])([2H])C2([2H])[2H])c1[2H]. The van der Waals surface area contributed by atoms with E-state index >= 15 is 0 Å². The second-order valence-electron chi connectivity index (χ2n) is 7.13. The molecule has 1 saturated heterocycles. The van der Waals surface area contributed by atoms with Crippen LogP contribution in [-0.4, -0.2) is 68.5 Å². The first-order valence-corrected chi connectivity index (χ1v) is 9.64. The molecule has 5 nitrogen and oxygen atoms in total. The lowest BCUT2D eigenvalue weighted by atomic mass is 9.84. The molecule has 1 N–H and O–H groups in total. The molecule has 0 spiro atoms. The summed E-state index contributed by atoms with van der Waals surface area (Å²) in [5.74, 6) is -0.705. The maximum atomic E-state index is 12.0. The molecule has 1 heterocycles. The zero-order valence-corrected chi connectivity index (χ0v) is 17.1. The minimum atomic E-state index is -3.42. The van der Waals surface area contributed by atoms with Gasteiger partial charge in [-0.15, -0.1) is 0 Å². The van der Waals surface area contributed by atoms with E-state index in [1.54, 1.807) is 14.1 Å². The number of nitrogens with one attached hydrogen (secondary N) is 1. The summed E-state index contributed by atoms with van der Waals surface area (Å²) in [6.45, 7) is -13.3. The number of carbonyl (C=O) groups is 1. The van der Waals surface area contributed by atoms with Crippen molar-refractivity contribution >= 4 is 23.3 Å². The van der Waals surface area contributed by atoms with Gasteiger partial charge in [0.2, 0.25) is 0 Å². The second kappa shape index (κ2) is 9.84. The van der Waals surface area contributed by atoms with Crippen LogP contribution in [0.3, 0.4) is 0 Å². The molecule has 2 aliphatic rings. The summed E-state index contributed by atoms with van der Waals surface area (Å²) in [5, 5.41) is 2.35. The van der Waals surface area contributed by atoms with E-state index in [4.69, 9.17) is 29.4 Å². The lowest BCUT2D eigenvalue weighted by molar-refractivity contribution is 0.194. The molecule has 2 fully saturated rings. The van der Waals surface area contributed by atoms with Crippen LogP contribution in [0.1, 0.15) is 55.4 Å². The van der Waals surface area contributed by atoms with E-state index in [9.17, 15) is 4.79 Å². The Balaban J connectivity index is 2.00. The van der Waals surface area contributed by atoms with Crippen LogP contribution < -0.4 is 10.2 Å². The molecule has 1 aromatic rings. The third-order valence-corrected chi connectivity index (χ3v) is 5.25. The molecular formula is C22H35ClN4O. The van der Waals surface area contributed by atoms with Crippen LogP contribution in [0.5, 0.6) is 0 Å². The van der Waals surface area contributed by atoms with Crippen LogP contribution in [0.15, 0.2) is 18.1 Å². The Morgan fingerprint density at radius 3 is 2.61 bits per heavy atom. The normalized spacial score (nSPS) is 38.0. The van der Waals surface area contributed by atoms with Crippen molar-refractivity contribution in [2.45, 2.75) is 45.0 Å². The number of halogens is 1. The summed E-state index contributed by atoms with van der Waals surface area (Å²) in [5.41, 5.74) is -0.861. The number of rotatable bonds is 5. The Morgan fingerprint density at radius 2 is 1.96 bits per heavy atom. The summed E-state index contributed by atoms with van der Waals surface area (Å²) < 4.78 is 111. The Morgan fingerprint density at radius 1 is 1.29 bits per heavy atom. The highest BCUT2D eigenvalue weighted by atomic mass is 35.5. The van der Waals surface area contributed by atoms with Gasteiger partial charge in [-0.05, 0) is 63.0 Å². The molecule has 0 bridgehead atoms. The molecule has 1 saturated carbocycles. The van der Waals surface area contributed by atoms with Gasteiger partial charge < -0.3 is 15.1 Å². The number of anilines is 1. The number of urea groups is 1. The fraction of sp³-hybridized carbons (Fsp3) is 0.682. The van der Waals surface area contributed by atoms with Crippen molar-refractivity contribution in [3.8, 4) is 0 Å². The molecule has 1 aliphatic heterocycles. The summed E-state index contributed by atoms with van der Waals surface area (Å²) in [4.78, 5) is 13.7. The predicted molar refractivity (Wildman–Crippen MR) is 117 cm³/mol. The smallest absolute Gasteiger partial charge is 0.317 e. The summed E-state index contributed by atoms with van der Waals surface area (Å²) in [6, 6.07) is -2.54. The fourth-order valence-electron chi connectivity index (χ4n) is 3.06. The first kappa shape index (κ1) is 10.0. The largest absolute Gasteiger partial charge is 0.368 e. The van der Waals surface area contributed by atoms with Crippen molar-refractivity contribution in [1.29, 1.82) is 0 Å². The van der Waals surface area contributed by atoms with Crippen LogP contribution in [0, 0.1) is 12.8 Å². The van der Waals surface area contributed by atoms with Gasteiger partial charge in [-0.25, -0.2) is 4.79 Å². The lowest BCUT2D eigenvalue weighted by Crippen LogP contribution is -2.47. The van der Waals surface area contributed by atoms with Gasteiger partial charge in [0.25, 0.3) is 0 Å². The molecule has 0 unspecified atom stereocenters. The van der Waals surface area contributed by atoms with Crippen molar-refractivity contribution < 1.29 is 22.6 Å². The Hall–Kier alpha value is -1.46. The van der Waals surface area contributed by atoms with E-state index in [0.717, 1.165) is 0 Å². The van der Waals surface area contributed by atoms with Crippen molar-refractivity contribution in [1.82, 2.24) is 15.1 Å². The van der Waals surface area contributed by atoms with E-state index in [0.29, 0.717) is 12.8 Å². The highest BCUT2D eigenvalue weighted by Crippen LogP contribution is 2.30. The monoisotopic (exact) mass is 419 g/mol. The average Bonchev–Trinajstić information content (AvgIpc) is 2.86.